The summed E-state index contributed by atoms with van der Waals surface area (Å²) in [5.41, 5.74) is 1.38. The summed E-state index contributed by atoms with van der Waals surface area (Å²) in [4.78, 5) is 12.1. The molecule has 0 unspecified atom stereocenters. The van der Waals surface area contributed by atoms with E-state index in [1.165, 1.54) is 42.1 Å². The van der Waals surface area contributed by atoms with E-state index >= 15 is 0 Å². The first-order chi connectivity index (χ1) is 9.69. The molecule has 2 aromatic carbocycles. The highest BCUT2D eigenvalue weighted by Gasteiger charge is 2.05. The van der Waals surface area contributed by atoms with Gasteiger partial charge in [-0.15, -0.1) is 11.8 Å². The summed E-state index contributed by atoms with van der Waals surface area (Å²) >= 11 is 1.45. The number of carbonyl (C=O) groups excluding carboxylic acids is 1. The number of ketones is 1. The number of hydrogen-bond donors (Lipinski definition) is 1. The van der Waals surface area contributed by atoms with Crippen LogP contribution in [0.2, 0.25) is 0 Å². The maximum atomic E-state index is 12.8. The highest BCUT2D eigenvalue weighted by atomic mass is 32.2. The molecule has 1 N–H and O–H groups in total. The summed E-state index contributed by atoms with van der Waals surface area (Å²) in [6.07, 6.45) is 3.41. The lowest BCUT2D eigenvalue weighted by molar-refractivity contribution is 0.104. The molecule has 0 saturated heterocycles. The van der Waals surface area contributed by atoms with Gasteiger partial charge >= 0.3 is 0 Å². The standard InChI is InChI=1S/C16H14FNOS/c1-20-16(18-14-5-3-2-4-6-14)11-15(19)12-7-9-13(17)10-8-12/h2-11,18H,1H3/b16-11+. The predicted molar refractivity (Wildman–Crippen MR) is 82.4 cm³/mol. The average Bonchev–Trinajstić information content (AvgIpc) is 2.48. The van der Waals surface area contributed by atoms with Crippen LogP contribution in [-0.2, 0) is 0 Å². The maximum Gasteiger partial charge on any atom is 0.188 e. The molecular formula is C16H14FNOS. The van der Waals surface area contributed by atoms with E-state index in [1.807, 2.05) is 36.6 Å². The lowest BCUT2D eigenvalue weighted by Crippen LogP contribution is -2.01. The topological polar surface area (TPSA) is 29.1 Å². The molecule has 2 aromatic rings. The first kappa shape index (κ1) is 14.3. The van der Waals surface area contributed by atoms with Crippen molar-refractivity contribution in [2.24, 2.45) is 0 Å². The zero-order valence-electron chi connectivity index (χ0n) is 11.0. The van der Waals surface area contributed by atoms with Crippen LogP contribution in [-0.4, -0.2) is 12.0 Å². The number of carbonyl (C=O) groups is 1. The molecule has 0 amide bonds. The van der Waals surface area contributed by atoms with Gasteiger partial charge in [0.2, 0.25) is 0 Å². The van der Waals surface area contributed by atoms with Crippen molar-refractivity contribution in [3.8, 4) is 0 Å². The number of nitrogens with one attached hydrogen (secondary N) is 1. The van der Waals surface area contributed by atoms with Gasteiger partial charge in [-0.1, -0.05) is 18.2 Å². The van der Waals surface area contributed by atoms with Gasteiger partial charge in [0.1, 0.15) is 5.82 Å². The maximum absolute atomic E-state index is 12.8. The van der Waals surface area contributed by atoms with Gasteiger partial charge in [0, 0.05) is 17.3 Å². The van der Waals surface area contributed by atoms with Crippen molar-refractivity contribution in [1.82, 2.24) is 0 Å². The molecule has 0 saturated carbocycles. The first-order valence-corrected chi connectivity index (χ1v) is 7.29. The Hall–Kier alpha value is -2.07. The van der Waals surface area contributed by atoms with Gasteiger partial charge in [0.15, 0.2) is 5.78 Å². The van der Waals surface area contributed by atoms with Gasteiger partial charge in [0.05, 0.1) is 5.03 Å². The monoisotopic (exact) mass is 287 g/mol. The van der Waals surface area contributed by atoms with Gasteiger partial charge in [-0.05, 0) is 42.7 Å². The van der Waals surface area contributed by atoms with E-state index < -0.39 is 0 Å². The van der Waals surface area contributed by atoms with Crippen molar-refractivity contribution in [2.75, 3.05) is 11.6 Å². The van der Waals surface area contributed by atoms with Crippen LogP contribution in [0.25, 0.3) is 0 Å². The van der Waals surface area contributed by atoms with Crippen molar-refractivity contribution in [2.45, 2.75) is 0 Å². The van der Waals surface area contributed by atoms with Gasteiger partial charge < -0.3 is 5.32 Å². The molecule has 0 bridgehead atoms. The summed E-state index contributed by atoms with van der Waals surface area (Å²) in [5, 5.41) is 3.91. The van der Waals surface area contributed by atoms with Crippen molar-refractivity contribution in [1.29, 1.82) is 0 Å². The zero-order chi connectivity index (χ0) is 14.4. The molecule has 0 aliphatic rings. The Morgan fingerprint density at radius 1 is 1.10 bits per heavy atom. The van der Waals surface area contributed by atoms with E-state index in [2.05, 4.69) is 5.32 Å². The molecular weight excluding hydrogens is 273 g/mol. The Morgan fingerprint density at radius 2 is 1.75 bits per heavy atom. The van der Waals surface area contributed by atoms with Crippen molar-refractivity contribution < 1.29 is 9.18 Å². The van der Waals surface area contributed by atoms with Gasteiger partial charge in [0.25, 0.3) is 0 Å². The predicted octanol–water partition coefficient (Wildman–Crippen LogP) is 4.32. The zero-order valence-corrected chi connectivity index (χ0v) is 11.8. The number of anilines is 1. The van der Waals surface area contributed by atoms with Gasteiger partial charge in [-0.2, -0.15) is 0 Å². The van der Waals surface area contributed by atoms with Crippen molar-refractivity contribution in [3.63, 3.8) is 0 Å². The van der Waals surface area contributed by atoms with Crippen LogP contribution in [0, 0.1) is 5.82 Å². The minimum Gasteiger partial charge on any atom is -0.350 e. The van der Waals surface area contributed by atoms with Crippen molar-refractivity contribution >= 4 is 23.2 Å². The Kier molecular flexibility index (Phi) is 4.96. The molecule has 0 spiro atoms. The second-order valence-corrected chi connectivity index (χ2v) is 4.92. The number of thioether (sulfide) groups is 1. The van der Waals surface area contributed by atoms with Gasteiger partial charge in [-0.3, -0.25) is 4.79 Å². The lowest BCUT2D eigenvalue weighted by atomic mass is 10.1. The molecule has 0 fully saturated rings. The minimum atomic E-state index is -0.349. The number of benzene rings is 2. The summed E-state index contributed by atoms with van der Waals surface area (Å²) in [7, 11) is 0. The molecule has 4 heteroatoms. The SMILES string of the molecule is CS/C(=C/C(=O)c1ccc(F)cc1)Nc1ccccc1. The molecule has 0 atom stereocenters. The molecule has 0 aromatic heterocycles. The second kappa shape index (κ2) is 6.91. The largest absolute Gasteiger partial charge is 0.350 e. The Bertz CT molecular complexity index is 608. The molecule has 2 nitrogen and oxygen atoms in total. The third kappa shape index (κ3) is 3.96. The molecule has 20 heavy (non-hydrogen) atoms. The smallest absolute Gasteiger partial charge is 0.188 e. The molecule has 0 aliphatic heterocycles. The highest BCUT2D eigenvalue weighted by molar-refractivity contribution is 8.02. The van der Waals surface area contributed by atoms with E-state index in [0.29, 0.717) is 5.56 Å². The third-order valence-electron chi connectivity index (χ3n) is 2.65. The average molecular weight is 287 g/mol. The molecule has 0 radical (unpaired) electrons. The minimum absolute atomic E-state index is 0.155. The van der Waals surface area contributed by atoms with Crippen LogP contribution >= 0.6 is 11.8 Å². The van der Waals surface area contributed by atoms with Crippen LogP contribution in [0.5, 0.6) is 0 Å². The second-order valence-electron chi connectivity index (χ2n) is 4.07. The Labute approximate surface area is 121 Å². The van der Waals surface area contributed by atoms with E-state index in [9.17, 15) is 9.18 Å². The number of allylic oxidation sites excluding steroid dienone is 1. The van der Waals surface area contributed by atoms with E-state index in [4.69, 9.17) is 0 Å². The van der Waals surface area contributed by atoms with Crippen molar-refractivity contribution in [3.05, 3.63) is 77.1 Å². The summed E-state index contributed by atoms with van der Waals surface area (Å²) < 4.78 is 12.8. The number of para-hydroxylation sites is 1. The summed E-state index contributed by atoms with van der Waals surface area (Å²) in [6, 6.07) is 15.1. The lowest BCUT2D eigenvalue weighted by Gasteiger charge is -2.08. The first-order valence-electron chi connectivity index (χ1n) is 6.06. The van der Waals surface area contributed by atoms with E-state index in [1.54, 1.807) is 0 Å². The summed E-state index contributed by atoms with van der Waals surface area (Å²) in [6.45, 7) is 0. The molecule has 102 valence electrons. The molecule has 0 heterocycles. The molecule has 0 aliphatic carbocycles. The van der Waals surface area contributed by atoms with E-state index in [0.717, 1.165) is 10.7 Å². The Morgan fingerprint density at radius 3 is 2.35 bits per heavy atom. The Balaban J connectivity index is 2.14. The summed E-state index contributed by atoms with van der Waals surface area (Å²) in [5.74, 6) is -0.504. The van der Waals surface area contributed by atoms with E-state index in [-0.39, 0.29) is 11.6 Å². The van der Waals surface area contributed by atoms with Crippen LogP contribution in [0.1, 0.15) is 10.4 Å². The van der Waals surface area contributed by atoms with Crippen LogP contribution < -0.4 is 5.32 Å². The van der Waals surface area contributed by atoms with Gasteiger partial charge in [-0.25, -0.2) is 4.39 Å². The number of rotatable bonds is 5. The van der Waals surface area contributed by atoms with Crippen LogP contribution in [0.3, 0.4) is 0 Å². The number of halogens is 1. The fourth-order valence-corrected chi connectivity index (χ4v) is 2.07. The fraction of sp³-hybridized carbons (Fsp3) is 0.0625. The quantitative estimate of drug-likeness (QED) is 0.655. The molecule has 2 rings (SSSR count). The number of hydrogen-bond acceptors (Lipinski definition) is 3. The van der Waals surface area contributed by atoms with Crippen LogP contribution in [0.15, 0.2) is 65.7 Å². The normalized spacial score (nSPS) is 11.2. The third-order valence-corrected chi connectivity index (χ3v) is 3.31. The fourth-order valence-electron chi connectivity index (χ4n) is 1.63. The highest BCUT2D eigenvalue weighted by Crippen LogP contribution is 2.17. The van der Waals surface area contributed by atoms with Crippen LogP contribution in [0.4, 0.5) is 10.1 Å².